The van der Waals surface area contributed by atoms with Crippen LogP contribution in [0.1, 0.15) is 34.3 Å². The molecule has 1 aliphatic carbocycles. The van der Waals surface area contributed by atoms with Crippen LogP contribution in [0.25, 0.3) is 0 Å². The summed E-state index contributed by atoms with van der Waals surface area (Å²) in [7, 11) is -2.48. The molecule has 0 aliphatic heterocycles. The maximum absolute atomic E-state index is 14.3. The Morgan fingerprint density at radius 3 is 2.42 bits per heavy atom. The molecule has 0 saturated heterocycles. The Morgan fingerprint density at radius 1 is 1.19 bits per heavy atom. The molecule has 1 saturated carbocycles. The van der Waals surface area contributed by atoms with E-state index < -0.39 is 21.7 Å². The van der Waals surface area contributed by atoms with Crippen molar-refractivity contribution >= 4 is 15.9 Å². The number of carbonyl (C=O) groups excluding carboxylic acids is 1. The molecule has 1 fully saturated rings. The highest BCUT2D eigenvalue weighted by Crippen LogP contribution is 2.30. The Labute approximate surface area is 152 Å². The first-order chi connectivity index (χ1) is 12.3. The van der Waals surface area contributed by atoms with Crippen molar-refractivity contribution in [2.75, 3.05) is 7.05 Å². The summed E-state index contributed by atoms with van der Waals surface area (Å²) in [6.45, 7) is 2.35. The van der Waals surface area contributed by atoms with Crippen molar-refractivity contribution in [3.05, 3.63) is 65.0 Å². The number of aryl methyl sites for hydroxylation is 1. The van der Waals surface area contributed by atoms with E-state index in [1.165, 1.54) is 7.05 Å². The number of hydrogen-bond donors (Lipinski definition) is 1. The standard InChI is InChI=1S/C19H21FN2O3S/c1-13-3-5-14(6-4-13)12-22(15-7-8-15)19(23)17-11-16(9-10-18(17)20)26(24,25)21-2/h3-6,9-11,15,21H,7-8,12H2,1-2H3. The lowest BCUT2D eigenvalue weighted by Gasteiger charge is -2.23. The van der Waals surface area contributed by atoms with Crippen LogP contribution in [0.2, 0.25) is 0 Å². The van der Waals surface area contributed by atoms with Crippen LogP contribution in [-0.2, 0) is 16.6 Å². The van der Waals surface area contributed by atoms with Gasteiger partial charge in [-0.2, -0.15) is 0 Å². The Hall–Kier alpha value is -2.25. The molecule has 7 heteroatoms. The minimum atomic E-state index is -3.75. The molecule has 1 N–H and O–H groups in total. The van der Waals surface area contributed by atoms with Gasteiger partial charge in [0.2, 0.25) is 10.0 Å². The van der Waals surface area contributed by atoms with Gasteiger partial charge in [0.05, 0.1) is 10.5 Å². The van der Waals surface area contributed by atoms with Crippen LogP contribution in [0.3, 0.4) is 0 Å². The largest absolute Gasteiger partial charge is 0.331 e. The predicted octanol–water partition coefficient (Wildman–Crippen LogP) is 2.85. The predicted molar refractivity (Wildman–Crippen MR) is 96.7 cm³/mol. The van der Waals surface area contributed by atoms with Gasteiger partial charge in [0, 0.05) is 12.6 Å². The van der Waals surface area contributed by atoms with E-state index in [1.54, 1.807) is 4.90 Å². The molecule has 26 heavy (non-hydrogen) atoms. The van der Waals surface area contributed by atoms with Gasteiger partial charge < -0.3 is 4.90 Å². The van der Waals surface area contributed by atoms with E-state index in [9.17, 15) is 17.6 Å². The summed E-state index contributed by atoms with van der Waals surface area (Å²) in [6, 6.07) is 11.2. The number of carbonyl (C=O) groups is 1. The van der Waals surface area contributed by atoms with Gasteiger partial charge in [-0.15, -0.1) is 0 Å². The molecule has 0 aromatic heterocycles. The number of halogens is 1. The Balaban J connectivity index is 1.92. The summed E-state index contributed by atoms with van der Waals surface area (Å²) < 4.78 is 40.4. The molecule has 2 aromatic carbocycles. The van der Waals surface area contributed by atoms with Gasteiger partial charge in [-0.3, -0.25) is 4.79 Å². The van der Waals surface area contributed by atoms with E-state index in [1.807, 2.05) is 31.2 Å². The molecule has 0 bridgehead atoms. The molecule has 0 heterocycles. The second-order valence-electron chi connectivity index (χ2n) is 6.50. The highest BCUT2D eigenvalue weighted by molar-refractivity contribution is 7.89. The number of amides is 1. The summed E-state index contributed by atoms with van der Waals surface area (Å²) in [4.78, 5) is 14.5. The maximum Gasteiger partial charge on any atom is 0.257 e. The van der Waals surface area contributed by atoms with E-state index in [0.29, 0.717) is 6.54 Å². The van der Waals surface area contributed by atoms with E-state index in [-0.39, 0.29) is 16.5 Å². The fourth-order valence-corrected chi connectivity index (χ4v) is 3.51. The van der Waals surface area contributed by atoms with Crippen molar-refractivity contribution < 1.29 is 17.6 Å². The molecule has 0 spiro atoms. The molecule has 3 rings (SSSR count). The third-order valence-electron chi connectivity index (χ3n) is 4.47. The second kappa shape index (κ2) is 7.17. The first kappa shape index (κ1) is 18.5. The molecule has 0 unspecified atom stereocenters. The summed E-state index contributed by atoms with van der Waals surface area (Å²) >= 11 is 0. The molecule has 0 atom stereocenters. The number of nitrogens with one attached hydrogen (secondary N) is 1. The summed E-state index contributed by atoms with van der Waals surface area (Å²) in [5.41, 5.74) is 1.85. The van der Waals surface area contributed by atoms with E-state index in [2.05, 4.69) is 4.72 Å². The van der Waals surface area contributed by atoms with Gasteiger partial charge in [0.15, 0.2) is 0 Å². The van der Waals surface area contributed by atoms with Crippen LogP contribution in [-0.4, -0.2) is 32.3 Å². The van der Waals surface area contributed by atoms with Crippen LogP contribution in [0.5, 0.6) is 0 Å². The van der Waals surface area contributed by atoms with Gasteiger partial charge in [0.1, 0.15) is 5.82 Å². The van der Waals surface area contributed by atoms with E-state index in [0.717, 1.165) is 42.2 Å². The van der Waals surface area contributed by atoms with Crippen molar-refractivity contribution in [2.45, 2.75) is 37.2 Å². The first-order valence-electron chi connectivity index (χ1n) is 8.41. The van der Waals surface area contributed by atoms with Gasteiger partial charge in [-0.1, -0.05) is 29.8 Å². The van der Waals surface area contributed by atoms with Gasteiger partial charge >= 0.3 is 0 Å². The Kier molecular flexibility index (Phi) is 5.11. The van der Waals surface area contributed by atoms with Crippen molar-refractivity contribution in [1.82, 2.24) is 9.62 Å². The third kappa shape index (κ3) is 3.94. The lowest BCUT2D eigenvalue weighted by molar-refractivity contribution is 0.0725. The van der Waals surface area contributed by atoms with Crippen LogP contribution in [0.4, 0.5) is 4.39 Å². The lowest BCUT2D eigenvalue weighted by atomic mass is 10.1. The van der Waals surface area contributed by atoms with Gasteiger partial charge in [-0.05, 0) is 50.6 Å². The highest BCUT2D eigenvalue weighted by atomic mass is 32.2. The zero-order valence-corrected chi connectivity index (χ0v) is 15.5. The fraction of sp³-hybridized carbons (Fsp3) is 0.316. The van der Waals surface area contributed by atoms with Gasteiger partial charge in [0.25, 0.3) is 5.91 Å². The quantitative estimate of drug-likeness (QED) is 0.843. The first-order valence-corrected chi connectivity index (χ1v) is 9.90. The van der Waals surface area contributed by atoms with E-state index in [4.69, 9.17) is 0 Å². The number of hydrogen-bond acceptors (Lipinski definition) is 3. The Morgan fingerprint density at radius 2 is 1.85 bits per heavy atom. The van der Waals surface area contributed by atoms with Crippen molar-refractivity contribution in [3.8, 4) is 0 Å². The average Bonchev–Trinajstić information content (AvgIpc) is 3.46. The van der Waals surface area contributed by atoms with Crippen molar-refractivity contribution in [1.29, 1.82) is 0 Å². The van der Waals surface area contributed by atoms with Crippen LogP contribution < -0.4 is 4.72 Å². The number of benzene rings is 2. The van der Waals surface area contributed by atoms with E-state index >= 15 is 0 Å². The molecule has 2 aromatic rings. The Bertz CT molecular complexity index is 922. The zero-order chi connectivity index (χ0) is 18.9. The minimum Gasteiger partial charge on any atom is -0.331 e. The summed E-state index contributed by atoms with van der Waals surface area (Å²) in [5.74, 6) is -1.21. The number of rotatable bonds is 6. The fourth-order valence-electron chi connectivity index (χ4n) is 2.75. The molecule has 5 nitrogen and oxygen atoms in total. The molecular formula is C19H21FN2O3S. The molecule has 1 amide bonds. The summed E-state index contributed by atoms with van der Waals surface area (Å²) in [6.07, 6.45) is 1.74. The van der Waals surface area contributed by atoms with Gasteiger partial charge in [-0.25, -0.2) is 17.5 Å². The molecule has 138 valence electrons. The number of sulfonamides is 1. The SMILES string of the molecule is CNS(=O)(=O)c1ccc(F)c(C(=O)N(Cc2ccc(C)cc2)C2CC2)c1. The molecular weight excluding hydrogens is 355 g/mol. The zero-order valence-electron chi connectivity index (χ0n) is 14.7. The van der Waals surface area contributed by atoms with Crippen molar-refractivity contribution in [2.24, 2.45) is 0 Å². The van der Waals surface area contributed by atoms with Crippen molar-refractivity contribution in [3.63, 3.8) is 0 Å². The van der Waals surface area contributed by atoms with Crippen LogP contribution in [0, 0.1) is 12.7 Å². The molecule has 1 aliphatic rings. The average molecular weight is 376 g/mol. The summed E-state index contributed by atoms with van der Waals surface area (Å²) in [5, 5.41) is 0. The molecule has 0 radical (unpaired) electrons. The lowest BCUT2D eigenvalue weighted by Crippen LogP contribution is -2.33. The monoisotopic (exact) mass is 376 g/mol. The topological polar surface area (TPSA) is 66.5 Å². The second-order valence-corrected chi connectivity index (χ2v) is 8.39. The highest BCUT2D eigenvalue weighted by Gasteiger charge is 2.34. The maximum atomic E-state index is 14.3. The third-order valence-corrected chi connectivity index (χ3v) is 5.88. The number of nitrogens with zero attached hydrogens (tertiary/aromatic N) is 1. The normalized spacial score (nSPS) is 14.3. The van der Waals surface area contributed by atoms with Crippen LogP contribution >= 0.6 is 0 Å². The van der Waals surface area contributed by atoms with Crippen LogP contribution in [0.15, 0.2) is 47.4 Å². The minimum absolute atomic E-state index is 0.0627. The smallest absolute Gasteiger partial charge is 0.257 e.